The summed E-state index contributed by atoms with van der Waals surface area (Å²) in [6.07, 6.45) is 3.37. The van der Waals surface area contributed by atoms with Gasteiger partial charge in [0.1, 0.15) is 5.69 Å². The molecule has 0 saturated heterocycles. The van der Waals surface area contributed by atoms with Gasteiger partial charge in [0.05, 0.1) is 21.7 Å². The first-order valence-corrected chi connectivity index (χ1v) is 9.76. The van der Waals surface area contributed by atoms with Crippen LogP contribution in [-0.2, 0) is 0 Å². The number of non-ortho nitro benzene ring substituents is 1. The number of nitro benzene ring substituents is 1. The molecule has 0 fully saturated rings. The molecule has 0 aliphatic carbocycles. The number of carbonyl (C=O) groups is 1. The van der Waals surface area contributed by atoms with E-state index < -0.39 is 10.8 Å². The third-order valence-corrected chi connectivity index (χ3v) is 5.10. The second-order valence-corrected chi connectivity index (χ2v) is 7.14. The van der Waals surface area contributed by atoms with E-state index >= 15 is 0 Å². The zero-order chi connectivity index (χ0) is 20.9. The lowest BCUT2D eigenvalue weighted by Crippen LogP contribution is -2.17. The predicted octanol–water partition coefficient (Wildman–Crippen LogP) is 4.27. The quantitative estimate of drug-likeness (QED) is 0.287. The third kappa shape index (κ3) is 4.15. The molecule has 2 heterocycles. The molecule has 0 spiro atoms. The summed E-state index contributed by atoms with van der Waals surface area (Å²) in [4.78, 5) is 23.4. The number of nitrogens with zero attached hydrogens (tertiary/aromatic N) is 4. The maximum Gasteiger partial charge on any atom is 0.271 e. The molecule has 0 radical (unpaired) electrons. The molecule has 2 aromatic carbocycles. The largest absolute Gasteiger partial charge is 0.271 e. The Hall–Kier alpha value is -4.11. The minimum absolute atomic E-state index is 0.0797. The Balaban J connectivity index is 1.56. The summed E-state index contributed by atoms with van der Waals surface area (Å²) < 4.78 is 1.76. The van der Waals surface area contributed by atoms with Gasteiger partial charge in [0, 0.05) is 29.5 Å². The van der Waals surface area contributed by atoms with E-state index in [0.717, 1.165) is 21.8 Å². The van der Waals surface area contributed by atoms with Crippen LogP contribution < -0.4 is 5.43 Å². The molecule has 1 amide bonds. The molecule has 9 heteroatoms. The lowest BCUT2D eigenvalue weighted by Gasteiger charge is -1.99. The van der Waals surface area contributed by atoms with Crippen molar-refractivity contribution in [2.45, 2.75) is 0 Å². The SMILES string of the molecule is O=C(N/N=C/c1cn(-c2ccccc2)nc1-c1cccs1)c1ccc([N+](=O)[O-])cc1. The lowest BCUT2D eigenvalue weighted by atomic mass is 10.2. The van der Waals surface area contributed by atoms with Crippen LogP contribution in [-0.4, -0.2) is 26.8 Å². The molecule has 30 heavy (non-hydrogen) atoms. The fraction of sp³-hybridized carbons (Fsp3) is 0. The highest BCUT2D eigenvalue weighted by atomic mass is 32.1. The van der Waals surface area contributed by atoms with Crippen LogP contribution >= 0.6 is 11.3 Å². The van der Waals surface area contributed by atoms with E-state index in [-0.39, 0.29) is 11.3 Å². The molecule has 4 rings (SSSR count). The fourth-order valence-corrected chi connectivity index (χ4v) is 3.49. The van der Waals surface area contributed by atoms with Crippen molar-refractivity contribution in [3.05, 3.63) is 99.5 Å². The smallest absolute Gasteiger partial charge is 0.267 e. The van der Waals surface area contributed by atoms with E-state index in [9.17, 15) is 14.9 Å². The highest BCUT2D eigenvalue weighted by molar-refractivity contribution is 7.13. The van der Waals surface area contributed by atoms with Gasteiger partial charge in [-0.25, -0.2) is 10.1 Å². The van der Waals surface area contributed by atoms with E-state index in [1.807, 2.05) is 54.0 Å². The monoisotopic (exact) mass is 417 g/mol. The number of benzene rings is 2. The van der Waals surface area contributed by atoms with Gasteiger partial charge in [-0.15, -0.1) is 11.3 Å². The molecule has 0 atom stereocenters. The topological polar surface area (TPSA) is 102 Å². The summed E-state index contributed by atoms with van der Waals surface area (Å²) in [6.45, 7) is 0. The summed E-state index contributed by atoms with van der Waals surface area (Å²) in [7, 11) is 0. The van der Waals surface area contributed by atoms with Gasteiger partial charge in [-0.1, -0.05) is 24.3 Å². The zero-order valence-electron chi connectivity index (χ0n) is 15.5. The molecule has 0 aliphatic heterocycles. The lowest BCUT2D eigenvalue weighted by molar-refractivity contribution is -0.384. The van der Waals surface area contributed by atoms with E-state index in [1.165, 1.54) is 30.5 Å². The number of hydrazone groups is 1. The molecular weight excluding hydrogens is 402 g/mol. The normalized spacial score (nSPS) is 10.9. The number of hydrogen-bond acceptors (Lipinski definition) is 6. The van der Waals surface area contributed by atoms with Gasteiger partial charge in [-0.3, -0.25) is 14.9 Å². The van der Waals surface area contributed by atoms with Gasteiger partial charge in [0.25, 0.3) is 11.6 Å². The Labute approximate surface area is 175 Å². The Morgan fingerprint density at radius 2 is 1.87 bits per heavy atom. The van der Waals surface area contributed by atoms with E-state index in [1.54, 1.807) is 16.0 Å². The number of amides is 1. The van der Waals surface area contributed by atoms with Crippen molar-refractivity contribution in [2.75, 3.05) is 0 Å². The summed E-state index contributed by atoms with van der Waals surface area (Å²) in [5, 5.41) is 21.4. The Bertz CT molecular complexity index is 1200. The Kier molecular flexibility index (Phi) is 5.44. The molecule has 0 bridgehead atoms. The minimum Gasteiger partial charge on any atom is -0.267 e. The van der Waals surface area contributed by atoms with Crippen LogP contribution in [0.5, 0.6) is 0 Å². The highest BCUT2D eigenvalue weighted by Gasteiger charge is 2.12. The fourth-order valence-electron chi connectivity index (χ4n) is 2.76. The van der Waals surface area contributed by atoms with Crippen LogP contribution in [0.2, 0.25) is 0 Å². The molecule has 148 valence electrons. The summed E-state index contributed by atoms with van der Waals surface area (Å²) in [6, 6.07) is 18.9. The number of aromatic nitrogens is 2. The number of carbonyl (C=O) groups excluding carboxylic acids is 1. The van der Waals surface area contributed by atoms with Crippen LogP contribution in [0, 0.1) is 10.1 Å². The molecule has 1 N–H and O–H groups in total. The van der Waals surface area contributed by atoms with Crippen molar-refractivity contribution >= 4 is 29.1 Å². The Morgan fingerprint density at radius 3 is 2.53 bits per heavy atom. The maximum absolute atomic E-state index is 12.2. The van der Waals surface area contributed by atoms with Crippen molar-refractivity contribution in [1.82, 2.24) is 15.2 Å². The third-order valence-electron chi connectivity index (χ3n) is 4.23. The number of hydrogen-bond donors (Lipinski definition) is 1. The molecule has 0 aliphatic rings. The van der Waals surface area contributed by atoms with E-state index in [0.29, 0.717) is 0 Å². The van der Waals surface area contributed by atoms with Gasteiger partial charge < -0.3 is 0 Å². The second kappa shape index (κ2) is 8.50. The molecule has 0 saturated carbocycles. The molecular formula is C21H15N5O3S. The summed E-state index contributed by atoms with van der Waals surface area (Å²) in [5.74, 6) is -0.464. The second-order valence-electron chi connectivity index (χ2n) is 6.19. The van der Waals surface area contributed by atoms with Crippen LogP contribution in [0.4, 0.5) is 5.69 Å². The van der Waals surface area contributed by atoms with Gasteiger partial charge in [-0.2, -0.15) is 10.2 Å². The predicted molar refractivity (Wildman–Crippen MR) is 115 cm³/mol. The summed E-state index contributed by atoms with van der Waals surface area (Å²) in [5.41, 5.74) is 5.04. The van der Waals surface area contributed by atoms with Crippen LogP contribution in [0.25, 0.3) is 16.3 Å². The van der Waals surface area contributed by atoms with Gasteiger partial charge in [0.2, 0.25) is 0 Å². The zero-order valence-corrected chi connectivity index (χ0v) is 16.3. The van der Waals surface area contributed by atoms with E-state index in [2.05, 4.69) is 15.6 Å². The van der Waals surface area contributed by atoms with Crippen molar-refractivity contribution in [1.29, 1.82) is 0 Å². The average molecular weight is 417 g/mol. The van der Waals surface area contributed by atoms with Crippen molar-refractivity contribution in [3.8, 4) is 16.3 Å². The Morgan fingerprint density at radius 1 is 1.10 bits per heavy atom. The maximum atomic E-state index is 12.2. The van der Waals surface area contributed by atoms with Gasteiger partial charge >= 0.3 is 0 Å². The number of nitrogens with one attached hydrogen (secondary N) is 1. The molecule has 0 unspecified atom stereocenters. The first-order valence-electron chi connectivity index (χ1n) is 8.88. The molecule has 4 aromatic rings. The molecule has 2 aromatic heterocycles. The minimum atomic E-state index is -0.518. The standard InChI is InChI=1S/C21H15N5O3S/c27-21(15-8-10-18(11-9-15)26(28)29)23-22-13-16-14-25(17-5-2-1-3-6-17)24-20(16)19-7-4-12-30-19/h1-14H,(H,23,27)/b22-13+. The van der Waals surface area contributed by atoms with Crippen LogP contribution in [0.3, 0.4) is 0 Å². The van der Waals surface area contributed by atoms with Crippen LogP contribution in [0.15, 0.2) is 83.4 Å². The van der Waals surface area contributed by atoms with E-state index in [4.69, 9.17) is 0 Å². The number of nitro groups is 1. The van der Waals surface area contributed by atoms with Crippen LogP contribution in [0.1, 0.15) is 15.9 Å². The number of para-hydroxylation sites is 1. The average Bonchev–Trinajstić information content (AvgIpc) is 3.44. The molecule has 8 nitrogen and oxygen atoms in total. The van der Waals surface area contributed by atoms with Gasteiger partial charge in [-0.05, 0) is 35.7 Å². The summed E-state index contributed by atoms with van der Waals surface area (Å²) >= 11 is 1.56. The van der Waals surface area contributed by atoms with Crippen molar-refractivity contribution in [2.24, 2.45) is 5.10 Å². The number of thiophene rings is 1. The number of rotatable bonds is 6. The first-order chi connectivity index (χ1) is 14.6. The van der Waals surface area contributed by atoms with Gasteiger partial charge in [0.15, 0.2) is 0 Å². The highest BCUT2D eigenvalue weighted by Crippen LogP contribution is 2.26. The van der Waals surface area contributed by atoms with Crippen molar-refractivity contribution in [3.63, 3.8) is 0 Å². The first kappa shape index (κ1) is 19.2. The van der Waals surface area contributed by atoms with Crippen molar-refractivity contribution < 1.29 is 9.72 Å².